The molecule has 160 valence electrons. The lowest BCUT2D eigenvalue weighted by molar-refractivity contribution is -0.134. The van der Waals surface area contributed by atoms with Crippen molar-refractivity contribution in [2.24, 2.45) is 0 Å². The highest BCUT2D eigenvalue weighted by atomic mass is 16.2. The predicted molar refractivity (Wildman–Crippen MR) is 120 cm³/mol. The van der Waals surface area contributed by atoms with Gasteiger partial charge in [-0.25, -0.2) is 4.79 Å². The Morgan fingerprint density at radius 1 is 1.03 bits per heavy atom. The summed E-state index contributed by atoms with van der Waals surface area (Å²) in [6.45, 7) is 2.68. The third-order valence-electron chi connectivity index (χ3n) is 6.63. The molecule has 2 N–H and O–H groups in total. The average molecular weight is 418 g/mol. The Balaban J connectivity index is 1.36. The van der Waals surface area contributed by atoms with Crippen LogP contribution in [0.1, 0.15) is 39.0 Å². The van der Waals surface area contributed by atoms with E-state index in [0.29, 0.717) is 18.5 Å². The van der Waals surface area contributed by atoms with Gasteiger partial charge in [0.15, 0.2) is 0 Å². The summed E-state index contributed by atoms with van der Waals surface area (Å²) in [7, 11) is 0. The van der Waals surface area contributed by atoms with E-state index in [1.54, 1.807) is 0 Å². The van der Waals surface area contributed by atoms with E-state index in [1.807, 2.05) is 30.3 Å². The minimum atomic E-state index is -0.809. The molecule has 2 heterocycles. The number of rotatable bonds is 4. The predicted octanol–water partition coefficient (Wildman–Crippen LogP) is 4.01. The highest BCUT2D eigenvalue weighted by Crippen LogP contribution is 2.34. The molecular formula is C24H26N4O3. The largest absolute Gasteiger partial charge is 0.341 e. The van der Waals surface area contributed by atoms with Gasteiger partial charge in [-0.15, -0.1) is 0 Å². The summed E-state index contributed by atoms with van der Waals surface area (Å²) in [5.41, 5.74) is 2.10. The molecule has 1 spiro atoms. The molecule has 0 unspecified atom stereocenters. The number of amides is 4. The second kappa shape index (κ2) is 7.41. The fourth-order valence-corrected chi connectivity index (χ4v) is 5.13. The number of hydrogen-bond acceptors (Lipinski definition) is 3. The molecule has 7 heteroatoms. The maximum Gasteiger partial charge on any atom is 0.325 e. The van der Waals surface area contributed by atoms with Gasteiger partial charge >= 0.3 is 6.03 Å². The standard InChI is InChI=1S/C24H26N4O3/c1-2-27-19-9-5-4-8-17(19)18-14-16(10-11-20(18)27)25-21(29)15-28-22(30)24(26-23(28)31)12-6-3-7-13-24/h4-5,8-11,14H,2-3,6-7,12-13,15H2,1H3,(H,25,29)(H,26,31). The van der Waals surface area contributed by atoms with Crippen molar-refractivity contribution >= 4 is 45.3 Å². The topological polar surface area (TPSA) is 83.4 Å². The lowest BCUT2D eigenvalue weighted by Gasteiger charge is -2.30. The number of carbonyl (C=O) groups is 3. The van der Waals surface area contributed by atoms with Crippen molar-refractivity contribution in [2.45, 2.75) is 51.1 Å². The lowest BCUT2D eigenvalue weighted by Crippen LogP contribution is -2.48. The first kappa shape index (κ1) is 19.6. The Bertz CT molecular complexity index is 1210. The van der Waals surface area contributed by atoms with E-state index in [1.165, 1.54) is 0 Å². The van der Waals surface area contributed by atoms with Gasteiger partial charge in [0.25, 0.3) is 5.91 Å². The molecule has 1 saturated heterocycles. The zero-order chi connectivity index (χ0) is 21.6. The van der Waals surface area contributed by atoms with Gasteiger partial charge < -0.3 is 15.2 Å². The molecule has 3 aromatic rings. The van der Waals surface area contributed by atoms with Crippen LogP contribution >= 0.6 is 0 Å². The number of nitrogens with zero attached hydrogens (tertiary/aromatic N) is 2. The fourth-order valence-electron chi connectivity index (χ4n) is 5.13. The summed E-state index contributed by atoms with van der Waals surface area (Å²) in [5, 5.41) is 7.90. The summed E-state index contributed by atoms with van der Waals surface area (Å²) in [4.78, 5) is 39.1. The van der Waals surface area contributed by atoms with Crippen molar-refractivity contribution in [3.63, 3.8) is 0 Å². The molecule has 2 aromatic carbocycles. The quantitative estimate of drug-likeness (QED) is 0.628. The highest BCUT2D eigenvalue weighted by Gasteiger charge is 2.51. The van der Waals surface area contributed by atoms with Crippen LogP contribution in [0.3, 0.4) is 0 Å². The first-order chi connectivity index (χ1) is 15.0. The normalized spacial score (nSPS) is 18.2. The van der Waals surface area contributed by atoms with Gasteiger partial charge in [-0.2, -0.15) is 0 Å². The zero-order valence-corrected chi connectivity index (χ0v) is 17.6. The van der Waals surface area contributed by atoms with Crippen LogP contribution in [0.4, 0.5) is 10.5 Å². The number of nitrogens with one attached hydrogen (secondary N) is 2. The molecule has 1 saturated carbocycles. The molecule has 0 radical (unpaired) electrons. The molecule has 31 heavy (non-hydrogen) atoms. The Morgan fingerprint density at radius 3 is 2.55 bits per heavy atom. The maximum absolute atomic E-state index is 12.9. The Kier molecular flexibility index (Phi) is 4.68. The number of imide groups is 1. The van der Waals surface area contributed by atoms with Gasteiger partial charge in [0.05, 0.1) is 0 Å². The van der Waals surface area contributed by atoms with Crippen LogP contribution in [0.5, 0.6) is 0 Å². The van der Waals surface area contributed by atoms with E-state index in [2.05, 4.69) is 34.3 Å². The van der Waals surface area contributed by atoms with E-state index >= 15 is 0 Å². The van der Waals surface area contributed by atoms with Gasteiger partial charge in [0.1, 0.15) is 12.1 Å². The second-order valence-electron chi connectivity index (χ2n) is 8.51. The number of anilines is 1. The number of urea groups is 1. The van der Waals surface area contributed by atoms with Crippen molar-refractivity contribution in [3.05, 3.63) is 42.5 Å². The molecule has 2 fully saturated rings. The van der Waals surface area contributed by atoms with Crippen LogP contribution in [-0.2, 0) is 16.1 Å². The Morgan fingerprint density at radius 2 is 1.77 bits per heavy atom. The monoisotopic (exact) mass is 418 g/mol. The van der Waals surface area contributed by atoms with Gasteiger partial charge in [-0.1, -0.05) is 37.5 Å². The zero-order valence-electron chi connectivity index (χ0n) is 17.6. The molecule has 0 atom stereocenters. The molecule has 4 amide bonds. The van der Waals surface area contributed by atoms with E-state index in [4.69, 9.17) is 0 Å². The third-order valence-corrected chi connectivity index (χ3v) is 6.63. The summed E-state index contributed by atoms with van der Waals surface area (Å²) in [6, 6.07) is 13.5. The fraction of sp³-hybridized carbons (Fsp3) is 0.375. The van der Waals surface area contributed by atoms with Crippen molar-refractivity contribution in [1.82, 2.24) is 14.8 Å². The van der Waals surface area contributed by atoms with E-state index in [-0.39, 0.29) is 18.4 Å². The number of aryl methyl sites for hydroxylation is 1. The number of para-hydroxylation sites is 1. The van der Waals surface area contributed by atoms with Gasteiger partial charge in [0.2, 0.25) is 5.91 Å². The molecule has 2 aliphatic rings. The molecule has 0 bridgehead atoms. The van der Waals surface area contributed by atoms with Crippen molar-refractivity contribution in [2.75, 3.05) is 11.9 Å². The average Bonchev–Trinajstić information content (AvgIpc) is 3.21. The van der Waals surface area contributed by atoms with Crippen LogP contribution in [-0.4, -0.2) is 39.4 Å². The maximum atomic E-state index is 12.9. The Labute approximate surface area is 180 Å². The minimum Gasteiger partial charge on any atom is -0.341 e. The molecule has 1 aliphatic carbocycles. The molecule has 5 rings (SSSR count). The molecule has 7 nitrogen and oxygen atoms in total. The van der Waals surface area contributed by atoms with Crippen molar-refractivity contribution < 1.29 is 14.4 Å². The molecule has 1 aliphatic heterocycles. The molecule has 1 aromatic heterocycles. The first-order valence-electron chi connectivity index (χ1n) is 11.0. The number of fused-ring (bicyclic) bond motifs is 3. The van der Waals surface area contributed by atoms with Crippen LogP contribution in [0.15, 0.2) is 42.5 Å². The smallest absolute Gasteiger partial charge is 0.325 e. The van der Waals surface area contributed by atoms with Crippen LogP contribution in [0.25, 0.3) is 21.8 Å². The highest BCUT2D eigenvalue weighted by molar-refractivity contribution is 6.12. The number of aromatic nitrogens is 1. The van der Waals surface area contributed by atoms with Crippen LogP contribution in [0.2, 0.25) is 0 Å². The molecular weight excluding hydrogens is 392 g/mol. The SMILES string of the molecule is CCn1c2ccccc2c2cc(NC(=O)CN3C(=O)NC4(CCCCC4)C3=O)ccc21. The van der Waals surface area contributed by atoms with Gasteiger partial charge in [-0.3, -0.25) is 14.5 Å². The van der Waals surface area contributed by atoms with Crippen LogP contribution in [0, 0.1) is 0 Å². The van der Waals surface area contributed by atoms with Gasteiger partial charge in [-0.05, 0) is 44.0 Å². The summed E-state index contributed by atoms with van der Waals surface area (Å²) in [5.74, 6) is -0.649. The first-order valence-corrected chi connectivity index (χ1v) is 11.0. The summed E-state index contributed by atoms with van der Waals surface area (Å²) < 4.78 is 2.24. The number of carbonyl (C=O) groups excluding carboxylic acids is 3. The minimum absolute atomic E-state index is 0.270. The summed E-state index contributed by atoms with van der Waals surface area (Å²) >= 11 is 0. The lowest BCUT2D eigenvalue weighted by atomic mass is 9.82. The van der Waals surface area contributed by atoms with Crippen molar-refractivity contribution in [1.29, 1.82) is 0 Å². The second-order valence-corrected chi connectivity index (χ2v) is 8.51. The number of hydrogen-bond donors (Lipinski definition) is 2. The van der Waals surface area contributed by atoms with E-state index in [0.717, 1.165) is 52.5 Å². The van der Waals surface area contributed by atoms with E-state index < -0.39 is 11.6 Å². The number of benzene rings is 2. The Hall–Kier alpha value is -3.35. The van der Waals surface area contributed by atoms with Crippen molar-refractivity contribution in [3.8, 4) is 0 Å². The van der Waals surface area contributed by atoms with E-state index in [9.17, 15) is 14.4 Å². The third kappa shape index (κ3) is 3.15. The summed E-state index contributed by atoms with van der Waals surface area (Å²) in [6.07, 6.45) is 4.19. The van der Waals surface area contributed by atoms with Crippen LogP contribution < -0.4 is 10.6 Å². The van der Waals surface area contributed by atoms with Gasteiger partial charge in [0, 0.05) is 34.0 Å².